The third-order valence-electron chi connectivity index (χ3n) is 3.04. The Hall–Kier alpha value is -2.95. The van der Waals surface area contributed by atoms with Gasteiger partial charge in [-0.1, -0.05) is 12.1 Å². The van der Waals surface area contributed by atoms with Crippen LogP contribution in [-0.2, 0) is 15.7 Å². The summed E-state index contributed by atoms with van der Waals surface area (Å²) in [7, 11) is 0. The lowest BCUT2D eigenvalue weighted by atomic mass is 10.1. The second-order valence-electron chi connectivity index (χ2n) is 5.00. The SMILES string of the molecule is Cc1nc(-c2ccc(C(F)(F)F)cc2)sc1C(=O)OCC(=O)NC(N)=O. The number of rotatable bonds is 4. The van der Waals surface area contributed by atoms with Gasteiger partial charge >= 0.3 is 18.2 Å². The fourth-order valence-electron chi connectivity index (χ4n) is 1.88. The van der Waals surface area contributed by atoms with Gasteiger partial charge in [-0.25, -0.2) is 14.6 Å². The third-order valence-corrected chi connectivity index (χ3v) is 4.22. The van der Waals surface area contributed by atoms with Crippen LogP contribution in [0.5, 0.6) is 0 Å². The van der Waals surface area contributed by atoms with Crippen molar-refractivity contribution in [3.05, 3.63) is 40.4 Å². The number of alkyl halides is 3. The van der Waals surface area contributed by atoms with Crippen molar-refractivity contribution in [3.63, 3.8) is 0 Å². The molecule has 138 valence electrons. The van der Waals surface area contributed by atoms with Gasteiger partial charge in [0.25, 0.3) is 5.91 Å². The van der Waals surface area contributed by atoms with Crippen molar-refractivity contribution in [1.82, 2.24) is 10.3 Å². The monoisotopic (exact) mass is 387 g/mol. The topological polar surface area (TPSA) is 111 Å². The Morgan fingerprint density at radius 2 is 1.85 bits per heavy atom. The van der Waals surface area contributed by atoms with Gasteiger partial charge in [-0.15, -0.1) is 11.3 Å². The minimum absolute atomic E-state index is 0.0896. The van der Waals surface area contributed by atoms with Crippen molar-refractivity contribution in [3.8, 4) is 10.6 Å². The average molecular weight is 387 g/mol. The first-order valence-electron chi connectivity index (χ1n) is 6.99. The Balaban J connectivity index is 2.12. The lowest BCUT2D eigenvalue weighted by molar-refractivity contribution is -0.137. The van der Waals surface area contributed by atoms with Crippen LogP contribution in [0.1, 0.15) is 20.9 Å². The number of halogens is 3. The maximum absolute atomic E-state index is 12.6. The van der Waals surface area contributed by atoms with Gasteiger partial charge in [-0.2, -0.15) is 13.2 Å². The summed E-state index contributed by atoms with van der Waals surface area (Å²) in [6.45, 7) is 0.804. The quantitative estimate of drug-likeness (QED) is 0.783. The number of aromatic nitrogens is 1. The molecule has 1 aromatic heterocycles. The van der Waals surface area contributed by atoms with Gasteiger partial charge in [0, 0.05) is 5.56 Å². The molecule has 11 heteroatoms. The molecule has 1 heterocycles. The number of nitrogens with two attached hydrogens (primary N) is 1. The number of primary amides is 1. The molecule has 2 rings (SSSR count). The van der Waals surface area contributed by atoms with E-state index < -0.39 is 36.3 Å². The van der Waals surface area contributed by atoms with Crippen molar-refractivity contribution >= 4 is 29.2 Å². The molecule has 3 amide bonds. The normalized spacial score (nSPS) is 11.1. The molecule has 0 aliphatic rings. The number of hydrogen-bond acceptors (Lipinski definition) is 6. The van der Waals surface area contributed by atoms with E-state index in [1.807, 2.05) is 0 Å². The van der Waals surface area contributed by atoms with Gasteiger partial charge in [0.05, 0.1) is 11.3 Å². The molecule has 0 unspecified atom stereocenters. The zero-order chi connectivity index (χ0) is 19.5. The van der Waals surface area contributed by atoms with Crippen LogP contribution < -0.4 is 11.1 Å². The molecule has 7 nitrogen and oxygen atoms in total. The first-order valence-corrected chi connectivity index (χ1v) is 7.81. The van der Waals surface area contributed by atoms with Crippen LogP contribution in [0.4, 0.5) is 18.0 Å². The molecule has 0 aliphatic carbocycles. The number of nitrogens with zero attached hydrogens (tertiary/aromatic N) is 1. The van der Waals surface area contributed by atoms with Crippen molar-refractivity contribution < 1.29 is 32.3 Å². The minimum atomic E-state index is -4.45. The van der Waals surface area contributed by atoms with Gasteiger partial charge in [0.15, 0.2) is 6.61 Å². The van der Waals surface area contributed by atoms with E-state index in [1.54, 1.807) is 5.32 Å². The number of esters is 1. The van der Waals surface area contributed by atoms with E-state index in [0.717, 1.165) is 23.5 Å². The Bertz CT molecular complexity index is 847. The number of amides is 3. The number of nitrogens with one attached hydrogen (secondary N) is 1. The molecule has 0 spiro atoms. The minimum Gasteiger partial charge on any atom is -0.451 e. The fraction of sp³-hybridized carbons (Fsp3) is 0.200. The molecule has 0 fully saturated rings. The molecule has 0 saturated carbocycles. The molecular weight excluding hydrogens is 375 g/mol. The van der Waals surface area contributed by atoms with Crippen molar-refractivity contribution in [2.45, 2.75) is 13.1 Å². The van der Waals surface area contributed by atoms with Crippen molar-refractivity contribution in [1.29, 1.82) is 0 Å². The number of urea groups is 1. The van der Waals surface area contributed by atoms with Gasteiger partial charge < -0.3 is 10.5 Å². The van der Waals surface area contributed by atoms with Crippen LogP contribution in [-0.4, -0.2) is 29.5 Å². The van der Waals surface area contributed by atoms with Crippen LogP contribution in [0.25, 0.3) is 10.6 Å². The summed E-state index contributed by atoms with van der Waals surface area (Å²) < 4.78 is 42.5. The molecule has 0 saturated heterocycles. The van der Waals surface area contributed by atoms with Gasteiger partial charge in [0.1, 0.15) is 9.88 Å². The molecule has 0 bridgehead atoms. The van der Waals surface area contributed by atoms with E-state index in [1.165, 1.54) is 19.1 Å². The van der Waals surface area contributed by atoms with Crippen LogP contribution in [0, 0.1) is 6.92 Å². The lowest BCUT2D eigenvalue weighted by Crippen LogP contribution is -2.37. The number of thiazole rings is 1. The highest BCUT2D eigenvalue weighted by Crippen LogP contribution is 2.33. The van der Waals surface area contributed by atoms with Crippen LogP contribution in [0.15, 0.2) is 24.3 Å². The number of carbonyl (C=O) groups is 3. The largest absolute Gasteiger partial charge is 0.451 e. The molecular formula is C15H12F3N3O4S. The highest BCUT2D eigenvalue weighted by Gasteiger charge is 2.30. The number of ether oxygens (including phenoxy) is 1. The summed E-state index contributed by atoms with van der Waals surface area (Å²) in [5.41, 5.74) is 4.65. The summed E-state index contributed by atoms with van der Waals surface area (Å²) in [6, 6.07) is 3.24. The number of aryl methyl sites for hydroxylation is 1. The van der Waals surface area contributed by atoms with Crippen molar-refractivity contribution in [2.24, 2.45) is 5.73 Å². The summed E-state index contributed by atoms with van der Waals surface area (Å²) in [5.74, 6) is -1.74. The van der Waals surface area contributed by atoms with E-state index in [-0.39, 0.29) is 4.88 Å². The predicted molar refractivity (Wildman–Crippen MR) is 85.3 cm³/mol. The number of carbonyl (C=O) groups excluding carboxylic acids is 3. The van der Waals surface area contributed by atoms with Crippen molar-refractivity contribution in [2.75, 3.05) is 6.61 Å². The standard InChI is InChI=1S/C15H12F3N3O4S/c1-7-11(13(23)25-6-10(22)21-14(19)24)26-12(20-7)8-2-4-9(5-3-8)15(16,17)18/h2-5H,6H2,1H3,(H3,19,21,22,24). The van der Waals surface area contributed by atoms with Crippen LogP contribution in [0.3, 0.4) is 0 Å². The number of benzene rings is 1. The van der Waals surface area contributed by atoms with Crippen LogP contribution >= 0.6 is 11.3 Å². The lowest BCUT2D eigenvalue weighted by Gasteiger charge is -2.06. The van der Waals surface area contributed by atoms with Crippen LogP contribution in [0.2, 0.25) is 0 Å². The molecule has 2 aromatic rings. The summed E-state index contributed by atoms with van der Waals surface area (Å²) in [6.07, 6.45) is -4.45. The summed E-state index contributed by atoms with van der Waals surface area (Å²) in [5, 5.41) is 2.06. The third kappa shape index (κ3) is 4.79. The van der Waals surface area contributed by atoms with E-state index in [4.69, 9.17) is 10.5 Å². The highest BCUT2D eigenvalue weighted by molar-refractivity contribution is 7.17. The average Bonchev–Trinajstić information content (AvgIpc) is 2.93. The maximum Gasteiger partial charge on any atom is 0.416 e. The fourth-order valence-corrected chi connectivity index (χ4v) is 2.85. The van der Waals surface area contributed by atoms with E-state index in [2.05, 4.69) is 4.98 Å². The maximum atomic E-state index is 12.6. The van der Waals surface area contributed by atoms with E-state index in [9.17, 15) is 27.6 Å². The molecule has 0 aliphatic heterocycles. The first kappa shape index (κ1) is 19.4. The van der Waals surface area contributed by atoms with E-state index in [0.29, 0.717) is 16.3 Å². The summed E-state index contributed by atoms with van der Waals surface area (Å²) >= 11 is 0.909. The Kier molecular flexibility index (Phi) is 5.60. The molecule has 0 atom stereocenters. The van der Waals surface area contributed by atoms with Gasteiger partial charge in [-0.05, 0) is 19.1 Å². The predicted octanol–water partition coefficient (Wildman–Crippen LogP) is 2.49. The first-order chi connectivity index (χ1) is 12.1. The molecule has 26 heavy (non-hydrogen) atoms. The number of imide groups is 1. The molecule has 1 aromatic carbocycles. The summed E-state index contributed by atoms with van der Waals surface area (Å²) in [4.78, 5) is 37.9. The van der Waals surface area contributed by atoms with E-state index >= 15 is 0 Å². The second kappa shape index (κ2) is 7.52. The molecule has 3 N–H and O–H groups in total. The van der Waals surface area contributed by atoms with Gasteiger partial charge in [-0.3, -0.25) is 10.1 Å². The zero-order valence-electron chi connectivity index (χ0n) is 13.2. The highest BCUT2D eigenvalue weighted by atomic mass is 32.1. The Labute approximate surface area is 149 Å². The Morgan fingerprint density at radius 3 is 2.38 bits per heavy atom. The second-order valence-corrected chi connectivity index (χ2v) is 6.00. The Morgan fingerprint density at radius 1 is 1.23 bits per heavy atom. The van der Waals surface area contributed by atoms with Gasteiger partial charge in [0.2, 0.25) is 0 Å². The number of hydrogen-bond donors (Lipinski definition) is 2. The smallest absolute Gasteiger partial charge is 0.416 e. The molecule has 0 radical (unpaired) electrons. The zero-order valence-corrected chi connectivity index (χ0v) is 14.0.